The molecule has 0 spiro atoms. The molecule has 7 heteroatoms. The molecule has 23 heavy (non-hydrogen) atoms. The van der Waals surface area contributed by atoms with Crippen LogP contribution in [0.15, 0.2) is 18.6 Å². The molecule has 0 saturated carbocycles. The molecule has 3 heterocycles. The van der Waals surface area contributed by atoms with E-state index in [1.807, 2.05) is 13.1 Å². The second-order valence-electron chi connectivity index (χ2n) is 6.92. The molecule has 1 atom stereocenters. The van der Waals surface area contributed by atoms with Crippen molar-refractivity contribution in [1.82, 2.24) is 24.6 Å². The summed E-state index contributed by atoms with van der Waals surface area (Å²) in [5.41, 5.74) is 1.84. The quantitative estimate of drug-likeness (QED) is 0.847. The Morgan fingerprint density at radius 2 is 2.04 bits per heavy atom. The van der Waals surface area contributed by atoms with Crippen LogP contribution in [0.2, 0.25) is 5.02 Å². The number of aromatic nitrogens is 4. The van der Waals surface area contributed by atoms with E-state index in [4.69, 9.17) is 11.6 Å². The second-order valence-corrected chi connectivity index (χ2v) is 7.36. The van der Waals surface area contributed by atoms with Crippen LogP contribution in [0, 0.1) is 0 Å². The van der Waals surface area contributed by atoms with Crippen molar-refractivity contribution in [3.05, 3.63) is 40.7 Å². The molecule has 1 unspecified atom stereocenters. The number of carbonyl (C=O) groups excluding carboxylic acids is 1. The Morgan fingerprint density at radius 3 is 2.65 bits per heavy atom. The summed E-state index contributed by atoms with van der Waals surface area (Å²) >= 11 is 5.88. The molecule has 0 fully saturated rings. The fraction of sp³-hybridized carbons (Fsp3) is 0.500. The zero-order valence-electron chi connectivity index (χ0n) is 13.7. The number of amides is 1. The number of nitrogens with zero attached hydrogens (tertiary/aromatic N) is 5. The van der Waals surface area contributed by atoms with Crippen molar-refractivity contribution in [3.63, 3.8) is 0 Å². The molecule has 3 rings (SSSR count). The van der Waals surface area contributed by atoms with Crippen LogP contribution in [0.4, 0.5) is 0 Å². The molecule has 1 aliphatic heterocycles. The first-order valence-electron chi connectivity index (χ1n) is 7.59. The first kappa shape index (κ1) is 15.9. The lowest BCUT2D eigenvalue weighted by molar-refractivity contribution is -0.135. The second kappa shape index (κ2) is 5.60. The van der Waals surface area contributed by atoms with Crippen molar-refractivity contribution in [1.29, 1.82) is 0 Å². The summed E-state index contributed by atoms with van der Waals surface area (Å²) in [6.07, 6.45) is 5.03. The van der Waals surface area contributed by atoms with Crippen LogP contribution in [-0.4, -0.2) is 30.6 Å². The largest absolute Gasteiger partial charge is 0.330 e. The number of hydrogen-bond donors (Lipinski definition) is 0. The molecule has 0 radical (unpaired) electrons. The van der Waals surface area contributed by atoms with E-state index in [9.17, 15) is 4.79 Å². The lowest BCUT2D eigenvalue weighted by Gasteiger charge is -2.20. The molecule has 2 aromatic rings. The van der Waals surface area contributed by atoms with Crippen LogP contribution in [0.25, 0.3) is 0 Å². The summed E-state index contributed by atoms with van der Waals surface area (Å²) in [6.45, 7) is 9.11. The number of carbonyl (C=O) groups is 1. The summed E-state index contributed by atoms with van der Waals surface area (Å²) in [7, 11) is 0. The zero-order chi connectivity index (χ0) is 16.8. The first-order chi connectivity index (χ1) is 10.8. The third-order valence-electron chi connectivity index (χ3n) is 3.96. The monoisotopic (exact) mass is 333 g/mol. The van der Waals surface area contributed by atoms with Crippen molar-refractivity contribution >= 4 is 17.5 Å². The van der Waals surface area contributed by atoms with Gasteiger partial charge in [0, 0.05) is 29.9 Å². The van der Waals surface area contributed by atoms with Gasteiger partial charge in [0.05, 0.1) is 23.5 Å². The van der Waals surface area contributed by atoms with E-state index in [0.29, 0.717) is 18.1 Å². The van der Waals surface area contributed by atoms with Crippen molar-refractivity contribution in [3.8, 4) is 0 Å². The molecule has 1 amide bonds. The predicted octanol–water partition coefficient (Wildman–Crippen LogP) is 2.73. The molecular weight excluding hydrogens is 314 g/mol. The minimum atomic E-state index is -0.396. The van der Waals surface area contributed by atoms with E-state index in [2.05, 4.69) is 35.8 Å². The molecule has 0 aliphatic carbocycles. The molecule has 122 valence electrons. The number of halogens is 1. The highest BCUT2D eigenvalue weighted by molar-refractivity contribution is 6.30. The first-order valence-corrected chi connectivity index (χ1v) is 7.97. The SMILES string of the molecule is CC(C(=O)N1Cc2cnc(C(C)(C)C)nc2C1)n1cc(Cl)cn1. The van der Waals surface area contributed by atoms with Gasteiger partial charge in [0.2, 0.25) is 5.91 Å². The Morgan fingerprint density at radius 1 is 1.30 bits per heavy atom. The maximum atomic E-state index is 12.7. The van der Waals surface area contributed by atoms with E-state index < -0.39 is 6.04 Å². The van der Waals surface area contributed by atoms with E-state index in [0.717, 1.165) is 17.1 Å². The molecule has 0 N–H and O–H groups in total. The van der Waals surface area contributed by atoms with Gasteiger partial charge >= 0.3 is 0 Å². The van der Waals surface area contributed by atoms with Crippen molar-refractivity contribution in [2.24, 2.45) is 0 Å². The van der Waals surface area contributed by atoms with Gasteiger partial charge in [0.25, 0.3) is 0 Å². The van der Waals surface area contributed by atoms with Crippen molar-refractivity contribution < 1.29 is 4.79 Å². The molecule has 6 nitrogen and oxygen atoms in total. The Labute approximate surface area is 140 Å². The number of fused-ring (bicyclic) bond motifs is 1. The summed E-state index contributed by atoms with van der Waals surface area (Å²) in [5.74, 6) is 0.803. The number of hydrogen-bond acceptors (Lipinski definition) is 4. The van der Waals surface area contributed by atoms with Crippen LogP contribution >= 0.6 is 11.6 Å². The summed E-state index contributed by atoms with van der Waals surface area (Å²) in [5, 5.41) is 4.64. The van der Waals surface area contributed by atoms with Gasteiger partial charge in [-0.05, 0) is 6.92 Å². The van der Waals surface area contributed by atoms with Crippen LogP contribution in [0.1, 0.15) is 50.8 Å². The predicted molar refractivity (Wildman–Crippen MR) is 86.9 cm³/mol. The van der Waals surface area contributed by atoms with Crippen LogP contribution in [-0.2, 0) is 23.3 Å². The van der Waals surface area contributed by atoms with Gasteiger partial charge in [-0.3, -0.25) is 9.48 Å². The Hall–Kier alpha value is -1.95. The van der Waals surface area contributed by atoms with Gasteiger partial charge < -0.3 is 4.90 Å². The standard InChI is InChI=1S/C16H20ClN5O/c1-10(22-8-12(17)6-19-22)14(23)21-7-11-5-18-15(16(2,3)4)20-13(11)9-21/h5-6,8,10H,7,9H2,1-4H3. The third-order valence-corrected chi connectivity index (χ3v) is 4.16. The highest BCUT2D eigenvalue weighted by Gasteiger charge is 2.30. The minimum Gasteiger partial charge on any atom is -0.330 e. The van der Waals surface area contributed by atoms with Gasteiger partial charge in [-0.25, -0.2) is 9.97 Å². The van der Waals surface area contributed by atoms with Crippen LogP contribution in [0.3, 0.4) is 0 Å². The Balaban J connectivity index is 1.77. The normalized spacial score (nSPS) is 15.6. The van der Waals surface area contributed by atoms with Gasteiger partial charge in [-0.2, -0.15) is 5.10 Å². The van der Waals surface area contributed by atoms with Gasteiger partial charge in [0.15, 0.2) is 0 Å². The van der Waals surface area contributed by atoms with Gasteiger partial charge in [-0.1, -0.05) is 32.4 Å². The molecule has 0 saturated heterocycles. The van der Waals surface area contributed by atoms with E-state index in [1.54, 1.807) is 15.8 Å². The third kappa shape index (κ3) is 3.08. The highest BCUT2D eigenvalue weighted by atomic mass is 35.5. The summed E-state index contributed by atoms with van der Waals surface area (Å²) in [4.78, 5) is 23.5. The topological polar surface area (TPSA) is 63.9 Å². The summed E-state index contributed by atoms with van der Waals surface area (Å²) < 4.78 is 1.58. The Bertz CT molecular complexity index is 749. The van der Waals surface area contributed by atoms with Crippen LogP contribution < -0.4 is 0 Å². The number of rotatable bonds is 2. The van der Waals surface area contributed by atoms with E-state index >= 15 is 0 Å². The average Bonchev–Trinajstić information content (AvgIpc) is 3.09. The average molecular weight is 334 g/mol. The lowest BCUT2D eigenvalue weighted by atomic mass is 9.95. The summed E-state index contributed by atoms with van der Waals surface area (Å²) in [6, 6.07) is -0.396. The fourth-order valence-electron chi connectivity index (χ4n) is 2.57. The highest BCUT2D eigenvalue weighted by Crippen LogP contribution is 2.26. The molecule has 2 aromatic heterocycles. The molecule has 1 aliphatic rings. The molecule has 0 aromatic carbocycles. The Kier molecular flexibility index (Phi) is 3.88. The lowest BCUT2D eigenvalue weighted by Crippen LogP contribution is -2.32. The maximum absolute atomic E-state index is 12.7. The van der Waals surface area contributed by atoms with E-state index in [1.165, 1.54) is 6.20 Å². The molecule has 0 bridgehead atoms. The van der Waals surface area contributed by atoms with Crippen molar-refractivity contribution in [2.45, 2.75) is 52.2 Å². The van der Waals surface area contributed by atoms with Gasteiger partial charge in [0.1, 0.15) is 11.9 Å². The molecular formula is C16H20ClN5O. The zero-order valence-corrected chi connectivity index (χ0v) is 14.5. The van der Waals surface area contributed by atoms with Gasteiger partial charge in [-0.15, -0.1) is 0 Å². The van der Waals surface area contributed by atoms with Crippen molar-refractivity contribution in [2.75, 3.05) is 0 Å². The minimum absolute atomic E-state index is 0.0000698. The smallest absolute Gasteiger partial charge is 0.247 e. The maximum Gasteiger partial charge on any atom is 0.247 e. The van der Waals surface area contributed by atoms with E-state index in [-0.39, 0.29) is 11.3 Å². The van der Waals surface area contributed by atoms with Crippen LogP contribution in [0.5, 0.6) is 0 Å². The fourth-order valence-corrected chi connectivity index (χ4v) is 2.72.